The van der Waals surface area contributed by atoms with Crippen LogP contribution in [0.15, 0.2) is 29.2 Å². The summed E-state index contributed by atoms with van der Waals surface area (Å²) in [5.41, 5.74) is 0.794. The first-order valence-electron chi connectivity index (χ1n) is 7.44. The minimum Gasteiger partial charge on any atom is -0.378 e. The average molecular weight is 312 g/mol. The van der Waals surface area contributed by atoms with Gasteiger partial charge in [0.05, 0.1) is 11.0 Å². The van der Waals surface area contributed by atoms with Crippen LogP contribution in [0.4, 0.5) is 0 Å². The molecule has 2 rings (SSSR count). The smallest absolute Gasteiger partial charge is 0.240 e. The van der Waals surface area contributed by atoms with Crippen LogP contribution in [0.25, 0.3) is 0 Å². The van der Waals surface area contributed by atoms with E-state index < -0.39 is 10.0 Å². The molecule has 1 aromatic carbocycles. The molecule has 0 bridgehead atoms. The molecule has 1 fully saturated rings. The first kappa shape index (κ1) is 16.4. The Morgan fingerprint density at radius 2 is 2.10 bits per heavy atom. The van der Waals surface area contributed by atoms with Crippen molar-refractivity contribution < 1.29 is 13.2 Å². The van der Waals surface area contributed by atoms with Gasteiger partial charge >= 0.3 is 0 Å². The van der Waals surface area contributed by atoms with Crippen molar-refractivity contribution in [3.63, 3.8) is 0 Å². The third-order valence-corrected chi connectivity index (χ3v) is 5.42. The molecule has 1 aromatic rings. The van der Waals surface area contributed by atoms with E-state index in [9.17, 15) is 8.42 Å². The Morgan fingerprint density at radius 1 is 1.33 bits per heavy atom. The number of ether oxygens (including phenoxy) is 1. The lowest BCUT2D eigenvalue weighted by molar-refractivity contribution is 0.107. The Morgan fingerprint density at radius 3 is 2.76 bits per heavy atom. The van der Waals surface area contributed by atoms with E-state index in [-0.39, 0.29) is 12.0 Å². The van der Waals surface area contributed by atoms with Crippen LogP contribution in [0, 0.1) is 5.92 Å². The molecule has 1 heterocycles. The Bertz CT molecular complexity index is 560. The van der Waals surface area contributed by atoms with Crippen LogP contribution in [0.2, 0.25) is 0 Å². The van der Waals surface area contributed by atoms with Crippen molar-refractivity contribution in [1.29, 1.82) is 0 Å². The molecule has 1 saturated heterocycles. The number of hydrogen-bond acceptors (Lipinski definition) is 4. The normalized spacial score (nSPS) is 22.6. The molecule has 0 aromatic heterocycles. The van der Waals surface area contributed by atoms with E-state index >= 15 is 0 Å². The summed E-state index contributed by atoms with van der Waals surface area (Å²) in [5.74, 6) is 0.251. The van der Waals surface area contributed by atoms with Gasteiger partial charge in [0.2, 0.25) is 10.0 Å². The van der Waals surface area contributed by atoms with Crippen LogP contribution in [0.1, 0.15) is 25.8 Å². The molecule has 0 amide bonds. The first-order chi connectivity index (χ1) is 10.0. The molecular weight excluding hydrogens is 288 g/mol. The van der Waals surface area contributed by atoms with Gasteiger partial charge in [-0.15, -0.1) is 0 Å². The minimum absolute atomic E-state index is 0.115. The predicted molar refractivity (Wildman–Crippen MR) is 82.5 cm³/mol. The summed E-state index contributed by atoms with van der Waals surface area (Å²) in [6, 6.07) is 7.12. The van der Waals surface area contributed by atoms with Crippen molar-refractivity contribution in [2.45, 2.75) is 37.8 Å². The third-order valence-electron chi connectivity index (χ3n) is 3.90. The maximum absolute atomic E-state index is 12.5. The standard InChI is InChI=1S/C15H24N2O3S/c1-3-16-10-14-6-4-5-7-15(14)21(18,19)17-11-13-8-9-20-12(13)2/h4-7,12-13,16-17H,3,8-11H2,1-2H3. The highest BCUT2D eigenvalue weighted by Gasteiger charge is 2.26. The van der Waals surface area contributed by atoms with Gasteiger partial charge in [-0.05, 0) is 31.5 Å². The second kappa shape index (κ2) is 7.35. The van der Waals surface area contributed by atoms with E-state index in [1.165, 1.54) is 0 Å². The highest BCUT2D eigenvalue weighted by Crippen LogP contribution is 2.21. The minimum atomic E-state index is -3.48. The van der Waals surface area contributed by atoms with Crippen molar-refractivity contribution >= 4 is 10.0 Å². The van der Waals surface area contributed by atoms with Gasteiger partial charge < -0.3 is 10.1 Å². The van der Waals surface area contributed by atoms with E-state index in [1.54, 1.807) is 12.1 Å². The van der Waals surface area contributed by atoms with E-state index in [4.69, 9.17) is 4.74 Å². The Hall–Kier alpha value is -0.950. The fraction of sp³-hybridized carbons (Fsp3) is 0.600. The summed E-state index contributed by atoms with van der Waals surface area (Å²) >= 11 is 0. The molecular formula is C15H24N2O3S. The lowest BCUT2D eigenvalue weighted by Gasteiger charge is -2.16. The van der Waals surface area contributed by atoms with Gasteiger partial charge in [-0.1, -0.05) is 25.1 Å². The van der Waals surface area contributed by atoms with Gasteiger partial charge in [0.15, 0.2) is 0 Å². The second-order valence-electron chi connectivity index (χ2n) is 5.36. The topological polar surface area (TPSA) is 67.4 Å². The maximum Gasteiger partial charge on any atom is 0.240 e. The third kappa shape index (κ3) is 4.26. The summed E-state index contributed by atoms with van der Waals surface area (Å²) < 4.78 is 33.2. The molecule has 6 heteroatoms. The van der Waals surface area contributed by atoms with Crippen molar-refractivity contribution in [2.75, 3.05) is 19.7 Å². The number of hydrogen-bond donors (Lipinski definition) is 2. The monoisotopic (exact) mass is 312 g/mol. The van der Waals surface area contributed by atoms with Crippen molar-refractivity contribution in [1.82, 2.24) is 10.0 Å². The Balaban J connectivity index is 2.08. The molecule has 0 aliphatic carbocycles. The van der Waals surface area contributed by atoms with Crippen LogP contribution in [0.3, 0.4) is 0 Å². The van der Waals surface area contributed by atoms with Gasteiger partial charge in [0, 0.05) is 25.6 Å². The summed E-state index contributed by atoms with van der Waals surface area (Å²) in [5, 5.41) is 3.17. The van der Waals surface area contributed by atoms with Crippen LogP contribution < -0.4 is 10.0 Å². The molecule has 2 N–H and O–H groups in total. The lowest BCUT2D eigenvalue weighted by Crippen LogP contribution is -2.32. The molecule has 5 nitrogen and oxygen atoms in total. The molecule has 0 spiro atoms. The molecule has 2 atom stereocenters. The zero-order chi connectivity index (χ0) is 15.3. The predicted octanol–water partition coefficient (Wildman–Crippen LogP) is 1.50. The molecule has 118 valence electrons. The van der Waals surface area contributed by atoms with Gasteiger partial charge in [-0.3, -0.25) is 0 Å². The number of rotatable bonds is 7. The Labute approximate surface area is 127 Å². The fourth-order valence-corrected chi connectivity index (χ4v) is 3.84. The number of nitrogens with one attached hydrogen (secondary N) is 2. The van der Waals surface area contributed by atoms with Gasteiger partial charge in [0.1, 0.15) is 0 Å². The Kier molecular flexibility index (Phi) is 5.75. The van der Waals surface area contributed by atoms with E-state index in [0.717, 1.165) is 18.5 Å². The van der Waals surface area contributed by atoms with Crippen LogP contribution >= 0.6 is 0 Å². The van der Waals surface area contributed by atoms with Crippen LogP contribution in [0.5, 0.6) is 0 Å². The quantitative estimate of drug-likeness (QED) is 0.801. The van der Waals surface area contributed by atoms with Gasteiger partial charge in [-0.25, -0.2) is 13.1 Å². The number of sulfonamides is 1. The summed E-state index contributed by atoms with van der Waals surface area (Å²) in [6.45, 7) is 6.49. The van der Waals surface area contributed by atoms with Gasteiger partial charge in [0.25, 0.3) is 0 Å². The summed E-state index contributed by atoms with van der Waals surface area (Å²) in [6.07, 6.45) is 1.02. The van der Waals surface area contributed by atoms with Crippen LogP contribution in [-0.2, 0) is 21.3 Å². The maximum atomic E-state index is 12.5. The summed E-state index contributed by atoms with van der Waals surface area (Å²) in [7, 11) is -3.48. The lowest BCUT2D eigenvalue weighted by atomic mass is 10.0. The summed E-state index contributed by atoms with van der Waals surface area (Å²) in [4.78, 5) is 0.359. The number of benzene rings is 1. The first-order valence-corrected chi connectivity index (χ1v) is 8.92. The zero-order valence-electron chi connectivity index (χ0n) is 12.6. The van der Waals surface area contributed by atoms with Crippen molar-refractivity contribution in [2.24, 2.45) is 5.92 Å². The van der Waals surface area contributed by atoms with E-state index in [0.29, 0.717) is 24.6 Å². The van der Waals surface area contributed by atoms with Gasteiger partial charge in [-0.2, -0.15) is 0 Å². The SMILES string of the molecule is CCNCc1ccccc1S(=O)(=O)NCC1CCOC1C. The molecule has 21 heavy (non-hydrogen) atoms. The van der Waals surface area contributed by atoms with Crippen molar-refractivity contribution in [3.05, 3.63) is 29.8 Å². The average Bonchev–Trinajstić information content (AvgIpc) is 2.89. The van der Waals surface area contributed by atoms with Crippen LogP contribution in [-0.4, -0.2) is 34.2 Å². The second-order valence-corrected chi connectivity index (χ2v) is 7.10. The molecule has 1 aliphatic heterocycles. The van der Waals surface area contributed by atoms with E-state index in [1.807, 2.05) is 26.0 Å². The molecule has 2 unspecified atom stereocenters. The largest absolute Gasteiger partial charge is 0.378 e. The molecule has 0 radical (unpaired) electrons. The van der Waals surface area contributed by atoms with Crippen molar-refractivity contribution in [3.8, 4) is 0 Å². The highest BCUT2D eigenvalue weighted by atomic mass is 32.2. The van der Waals surface area contributed by atoms with E-state index in [2.05, 4.69) is 10.0 Å². The highest BCUT2D eigenvalue weighted by molar-refractivity contribution is 7.89. The molecule has 1 aliphatic rings. The zero-order valence-corrected chi connectivity index (χ0v) is 13.4. The fourth-order valence-electron chi connectivity index (χ4n) is 2.51. The molecule has 0 saturated carbocycles.